The molecule has 0 bridgehead atoms. The quantitative estimate of drug-likeness (QED) is 0.728. The number of halogens is 1. The molecule has 0 aliphatic carbocycles. The van der Waals surface area contributed by atoms with Crippen LogP contribution in [0.1, 0.15) is 38.3 Å². The first-order valence-corrected chi connectivity index (χ1v) is 8.95. The SMILES string of the molecule is Cc1cc(C)c(CNC(=O)c2cc(F)cc(-c3c(C)cnn3C)c2C)c(=O)[nH]1. The minimum Gasteiger partial charge on any atom is -0.348 e. The first-order chi connectivity index (χ1) is 13.2. The number of benzene rings is 1. The van der Waals surface area contributed by atoms with Crippen molar-refractivity contribution >= 4 is 5.91 Å². The minimum atomic E-state index is -0.504. The number of pyridine rings is 1. The maximum Gasteiger partial charge on any atom is 0.253 e. The van der Waals surface area contributed by atoms with Gasteiger partial charge in [0.15, 0.2) is 0 Å². The van der Waals surface area contributed by atoms with Gasteiger partial charge in [-0.15, -0.1) is 0 Å². The summed E-state index contributed by atoms with van der Waals surface area (Å²) in [7, 11) is 1.78. The summed E-state index contributed by atoms with van der Waals surface area (Å²) in [5.41, 5.74) is 4.96. The number of carbonyl (C=O) groups excluding carboxylic acids is 1. The highest BCUT2D eigenvalue weighted by atomic mass is 19.1. The summed E-state index contributed by atoms with van der Waals surface area (Å²) >= 11 is 0. The second-order valence-electron chi connectivity index (χ2n) is 7.05. The van der Waals surface area contributed by atoms with Gasteiger partial charge in [-0.1, -0.05) is 0 Å². The molecule has 0 aliphatic heterocycles. The van der Waals surface area contributed by atoms with Crippen molar-refractivity contribution in [2.45, 2.75) is 34.2 Å². The lowest BCUT2D eigenvalue weighted by Gasteiger charge is -2.14. The summed E-state index contributed by atoms with van der Waals surface area (Å²) < 4.78 is 16.0. The predicted molar refractivity (Wildman–Crippen MR) is 106 cm³/mol. The van der Waals surface area contributed by atoms with Crippen molar-refractivity contribution in [3.05, 3.63) is 74.1 Å². The average molecular weight is 382 g/mol. The molecular formula is C21H23FN4O2. The van der Waals surface area contributed by atoms with E-state index in [1.165, 1.54) is 12.1 Å². The Balaban J connectivity index is 1.94. The fourth-order valence-corrected chi connectivity index (χ4v) is 3.46. The molecule has 7 heteroatoms. The summed E-state index contributed by atoms with van der Waals surface area (Å²) in [6, 6.07) is 4.47. The van der Waals surface area contributed by atoms with Gasteiger partial charge >= 0.3 is 0 Å². The van der Waals surface area contributed by atoms with Crippen LogP contribution in [0.2, 0.25) is 0 Å². The Morgan fingerprint density at radius 1 is 1.18 bits per heavy atom. The molecule has 2 aromatic heterocycles. The van der Waals surface area contributed by atoms with Crippen LogP contribution < -0.4 is 10.9 Å². The van der Waals surface area contributed by atoms with Crippen molar-refractivity contribution in [1.82, 2.24) is 20.1 Å². The fourth-order valence-electron chi connectivity index (χ4n) is 3.46. The number of amides is 1. The van der Waals surface area contributed by atoms with E-state index in [0.717, 1.165) is 22.5 Å². The molecule has 6 nitrogen and oxygen atoms in total. The largest absolute Gasteiger partial charge is 0.348 e. The molecule has 3 rings (SSSR count). The average Bonchev–Trinajstić information content (AvgIpc) is 2.94. The Bertz CT molecular complexity index is 1110. The van der Waals surface area contributed by atoms with Crippen LogP contribution in [-0.4, -0.2) is 20.7 Å². The van der Waals surface area contributed by atoms with Gasteiger partial charge in [0.2, 0.25) is 0 Å². The van der Waals surface area contributed by atoms with Crippen LogP contribution in [0.25, 0.3) is 11.3 Å². The van der Waals surface area contributed by atoms with Crippen LogP contribution in [0.3, 0.4) is 0 Å². The number of hydrogen-bond acceptors (Lipinski definition) is 3. The van der Waals surface area contributed by atoms with Crippen LogP contribution in [0, 0.1) is 33.5 Å². The van der Waals surface area contributed by atoms with E-state index < -0.39 is 11.7 Å². The molecule has 3 aromatic rings. The summed E-state index contributed by atoms with van der Waals surface area (Å²) in [6.45, 7) is 7.35. The van der Waals surface area contributed by atoms with Crippen LogP contribution in [-0.2, 0) is 13.6 Å². The van der Waals surface area contributed by atoms with Crippen molar-refractivity contribution < 1.29 is 9.18 Å². The van der Waals surface area contributed by atoms with Crippen molar-refractivity contribution in [2.24, 2.45) is 7.05 Å². The van der Waals surface area contributed by atoms with Crippen molar-refractivity contribution in [3.63, 3.8) is 0 Å². The van der Waals surface area contributed by atoms with Gasteiger partial charge in [0.1, 0.15) is 5.82 Å². The molecule has 0 saturated heterocycles. The zero-order chi connectivity index (χ0) is 20.6. The lowest BCUT2D eigenvalue weighted by atomic mass is 9.97. The molecule has 2 heterocycles. The number of hydrogen-bond donors (Lipinski definition) is 2. The zero-order valence-electron chi connectivity index (χ0n) is 16.6. The molecule has 0 aliphatic rings. The zero-order valence-corrected chi connectivity index (χ0v) is 16.6. The Morgan fingerprint density at radius 3 is 2.50 bits per heavy atom. The van der Waals surface area contributed by atoms with Crippen molar-refractivity contribution in [2.75, 3.05) is 0 Å². The van der Waals surface area contributed by atoms with Crippen LogP contribution in [0.15, 0.2) is 29.2 Å². The molecule has 1 aromatic carbocycles. The van der Waals surface area contributed by atoms with Gasteiger partial charge < -0.3 is 10.3 Å². The molecule has 1 amide bonds. The van der Waals surface area contributed by atoms with Gasteiger partial charge in [0.05, 0.1) is 11.9 Å². The monoisotopic (exact) mass is 382 g/mol. The van der Waals surface area contributed by atoms with Gasteiger partial charge in [-0.25, -0.2) is 4.39 Å². The summed E-state index contributed by atoms with van der Waals surface area (Å²) in [4.78, 5) is 27.6. The molecule has 0 fully saturated rings. The Kier molecular flexibility index (Phi) is 5.18. The standard InChI is InChI=1S/C21H23FN4O2/c1-11-6-13(3)25-21(28)18(11)10-23-20(27)17-8-15(22)7-16(14(17)4)19-12(2)9-24-26(19)5/h6-9H,10H2,1-5H3,(H,23,27)(H,25,28). The predicted octanol–water partition coefficient (Wildman–Crippen LogP) is 3.08. The fraction of sp³-hybridized carbons (Fsp3) is 0.286. The van der Waals surface area contributed by atoms with Crippen LogP contribution in [0.5, 0.6) is 0 Å². The summed E-state index contributed by atoms with van der Waals surface area (Å²) in [5, 5.41) is 6.93. The second-order valence-corrected chi connectivity index (χ2v) is 7.05. The lowest BCUT2D eigenvalue weighted by molar-refractivity contribution is 0.0949. The number of nitrogens with zero attached hydrogens (tertiary/aromatic N) is 2. The molecule has 0 unspecified atom stereocenters. The number of rotatable bonds is 4. The Morgan fingerprint density at radius 2 is 1.89 bits per heavy atom. The van der Waals surface area contributed by atoms with Crippen molar-refractivity contribution in [3.8, 4) is 11.3 Å². The molecule has 146 valence electrons. The second kappa shape index (κ2) is 7.42. The highest BCUT2D eigenvalue weighted by Crippen LogP contribution is 2.29. The van der Waals surface area contributed by atoms with Crippen LogP contribution in [0.4, 0.5) is 4.39 Å². The third-order valence-electron chi connectivity index (χ3n) is 4.91. The number of aromatic nitrogens is 3. The summed E-state index contributed by atoms with van der Waals surface area (Å²) in [5.74, 6) is -0.937. The maximum absolute atomic E-state index is 14.3. The topological polar surface area (TPSA) is 79.8 Å². The van der Waals surface area contributed by atoms with Gasteiger partial charge in [-0.05, 0) is 62.6 Å². The van der Waals surface area contributed by atoms with E-state index in [2.05, 4.69) is 15.4 Å². The van der Waals surface area contributed by atoms with E-state index in [1.807, 2.05) is 19.9 Å². The van der Waals surface area contributed by atoms with E-state index in [-0.39, 0.29) is 17.7 Å². The van der Waals surface area contributed by atoms with E-state index in [4.69, 9.17) is 0 Å². The molecule has 0 spiro atoms. The minimum absolute atomic E-state index is 0.0658. The molecule has 0 atom stereocenters. The van der Waals surface area contributed by atoms with Gasteiger partial charge in [-0.3, -0.25) is 14.3 Å². The van der Waals surface area contributed by atoms with Crippen LogP contribution >= 0.6 is 0 Å². The maximum atomic E-state index is 14.3. The third kappa shape index (κ3) is 3.60. The Hall–Kier alpha value is -3.22. The highest BCUT2D eigenvalue weighted by molar-refractivity contribution is 5.97. The molecule has 0 radical (unpaired) electrons. The summed E-state index contributed by atoms with van der Waals surface area (Å²) in [6.07, 6.45) is 1.70. The van der Waals surface area contributed by atoms with Gasteiger partial charge in [0, 0.05) is 36.0 Å². The number of H-pyrrole nitrogens is 1. The number of aryl methyl sites for hydroxylation is 4. The molecular weight excluding hydrogens is 359 g/mol. The molecule has 28 heavy (non-hydrogen) atoms. The first-order valence-electron chi connectivity index (χ1n) is 8.95. The Labute approximate surface area is 162 Å². The van der Waals surface area contributed by atoms with E-state index in [1.54, 1.807) is 31.8 Å². The first kappa shape index (κ1) is 19.5. The smallest absolute Gasteiger partial charge is 0.253 e. The lowest BCUT2D eigenvalue weighted by Crippen LogP contribution is -2.28. The van der Waals surface area contributed by atoms with Gasteiger partial charge in [-0.2, -0.15) is 5.10 Å². The number of nitrogens with one attached hydrogen (secondary N) is 2. The van der Waals surface area contributed by atoms with E-state index >= 15 is 0 Å². The van der Waals surface area contributed by atoms with E-state index in [0.29, 0.717) is 16.7 Å². The van der Waals surface area contributed by atoms with E-state index in [9.17, 15) is 14.0 Å². The van der Waals surface area contributed by atoms with Gasteiger partial charge in [0.25, 0.3) is 11.5 Å². The van der Waals surface area contributed by atoms with Crippen molar-refractivity contribution in [1.29, 1.82) is 0 Å². The third-order valence-corrected chi connectivity index (χ3v) is 4.91. The number of aromatic amines is 1. The molecule has 2 N–H and O–H groups in total. The number of carbonyl (C=O) groups is 1. The highest BCUT2D eigenvalue weighted by Gasteiger charge is 2.19. The normalized spacial score (nSPS) is 10.9. The molecule has 0 saturated carbocycles.